The number of hydrogen-bond acceptors (Lipinski definition) is 4. The number of hydrogen-bond donors (Lipinski definition) is 0. The van der Waals surface area contributed by atoms with E-state index in [0.717, 1.165) is 37.6 Å². The lowest BCUT2D eigenvalue weighted by Gasteiger charge is -2.40. The summed E-state index contributed by atoms with van der Waals surface area (Å²) in [5, 5.41) is 0. The van der Waals surface area contributed by atoms with E-state index in [9.17, 15) is 4.39 Å². The standard InChI is InChI=1S/C16H24FN3O/c1-12(2)16-4-3-14(7-18-16)20-5-6-21-15(11-20)10-19-8-13(17)9-19/h3-4,7,12-13,15H,5-6,8-11H2,1-2H3/t15-/m0/s1. The molecule has 3 heterocycles. The molecule has 2 aliphatic heterocycles. The van der Waals surface area contributed by atoms with Crippen LogP contribution in [-0.4, -0.2) is 61.5 Å². The van der Waals surface area contributed by atoms with Gasteiger partial charge < -0.3 is 9.64 Å². The van der Waals surface area contributed by atoms with Crippen LogP contribution in [0.4, 0.5) is 10.1 Å². The van der Waals surface area contributed by atoms with E-state index in [1.54, 1.807) is 0 Å². The molecule has 3 rings (SSSR count). The van der Waals surface area contributed by atoms with Gasteiger partial charge in [0, 0.05) is 38.4 Å². The Hall–Kier alpha value is -1.20. The molecular formula is C16H24FN3O. The van der Waals surface area contributed by atoms with Gasteiger partial charge in [0.05, 0.1) is 24.6 Å². The highest BCUT2D eigenvalue weighted by atomic mass is 19.1. The van der Waals surface area contributed by atoms with Gasteiger partial charge >= 0.3 is 0 Å². The highest BCUT2D eigenvalue weighted by Crippen LogP contribution is 2.21. The van der Waals surface area contributed by atoms with Gasteiger partial charge in [-0.3, -0.25) is 9.88 Å². The number of morpholine rings is 1. The molecule has 4 nitrogen and oxygen atoms in total. The number of anilines is 1. The van der Waals surface area contributed by atoms with E-state index in [4.69, 9.17) is 4.74 Å². The fourth-order valence-electron chi connectivity index (χ4n) is 2.93. The van der Waals surface area contributed by atoms with Crippen molar-refractivity contribution in [2.75, 3.05) is 44.2 Å². The number of ether oxygens (including phenoxy) is 1. The second kappa shape index (κ2) is 6.28. The third-order valence-corrected chi connectivity index (χ3v) is 4.24. The molecule has 0 aromatic carbocycles. The van der Waals surface area contributed by atoms with Crippen LogP contribution in [0, 0.1) is 0 Å². The average molecular weight is 293 g/mol. The molecule has 2 saturated heterocycles. The maximum atomic E-state index is 12.9. The summed E-state index contributed by atoms with van der Waals surface area (Å²) in [5.74, 6) is 0.455. The van der Waals surface area contributed by atoms with Crippen LogP contribution < -0.4 is 4.90 Å². The van der Waals surface area contributed by atoms with Crippen molar-refractivity contribution in [2.24, 2.45) is 0 Å². The van der Waals surface area contributed by atoms with Crippen LogP contribution in [-0.2, 0) is 4.74 Å². The summed E-state index contributed by atoms with van der Waals surface area (Å²) in [7, 11) is 0. The summed E-state index contributed by atoms with van der Waals surface area (Å²) in [6.07, 6.45) is 1.48. The molecule has 0 amide bonds. The SMILES string of the molecule is CC(C)c1ccc(N2CCO[C@@H](CN3CC(F)C3)C2)cn1. The van der Waals surface area contributed by atoms with Crippen molar-refractivity contribution >= 4 is 5.69 Å². The molecule has 116 valence electrons. The molecule has 2 aliphatic rings. The van der Waals surface area contributed by atoms with Crippen molar-refractivity contribution in [1.82, 2.24) is 9.88 Å². The van der Waals surface area contributed by atoms with Crippen molar-refractivity contribution in [2.45, 2.75) is 32.0 Å². The molecule has 0 bridgehead atoms. The van der Waals surface area contributed by atoms with Crippen molar-refractivity contribution in [3.8, 4) is 0 Å². The molecular weight excluding hydrogens is 269 g/mol. The minimum Gasteiger partial charge on any atom is -0.373 e. The lowest BCUT2D eigenvalue weighted by Crippen LogP contribution is -2.55. The number of pyridine rings is 1. The minimum atomic E-state index is -0.641. The highest BCUT2D eigenvalue weighted by Gasteiger charge is 2.30. The molecule has 1 aromatic rings. The summed E-state index contributed by atoms with van der Waals surface area (Å²) in [6, 6.07) is 4.25. The quantitative estimate of drug-likeness (QED) is 0.849. The first-order valence-electron chi connectivity index (χ1n) is 7.80. The first-order chi connectivity index (χ1) is 10.1. The van der Waals surface area contributed by atoms with Crippen molar-refractivity contribution in [3.05, 3.63) is 24.0 Å². The molecule has 0 spiro atoms. The molecule has 0 radical (unpaired) electrons. The van der Waals surface area contributed by atoms with E-state index < -0.39 is 6.17 Å². The summed E-state index contributed by atoms with van der Waals surface area (Å²) >= 11 is 0. The van der Waals surface area contributed by atoms with Crippen LogP contribution in [0.5, 0.6) is 0 Å². The maximum absolute atomic E-state index is 12.9. The van der Waals surface area contributed by atoms with Crippen molar-refractivity contribution in [1.29, 1.82) is 0 Å². The zero-order valence-corrected chi connectivity index (χ0v) is 12.8. The smallest absolute Gasteiger partial charge is 0.125 e. The van der Waals surface area contributed by atoms with Gasteiger partial charge in [0.25, 0.3) is 0 Å². The topological polar surface area (TPSA) is 28.6 Å². The Kier molecular flexibility index (Phi) is 4.40. The van der Waals surface area contributed by atoms with Gasteiger partial charge in [0.2, 0.25) is 0 Å². The molecule has 0 unspecified atom stereocenters. The van der Waals surface area contributed by atoms with Crippen LogP contribution in [0.25, 0.3) is 0 Å². The second-order valence-electron chi connectivity index (χ2n) is 6.35. The minimum absolute atomic E-state index is 0.163. The van der Waals surface area contributed by atoms with Gasteiger partial charge in [-0.05, 0) is 18.1 Å². The zero-order chi connectivity index (χ0) is 14.8. The summed E-state index contributed by atoms with van der Waals surface area (Å²) in [5.41, 5.74) is 2.28. The summed E-state index contributed by atoms with van der Waals surface area (Å²) in [6.45, 7) is 8.73. The Morgan fingerprint density at radius 3 is 2.76 bits per heavy atom. The highest BCUT2D eigenvalue weighted by molar-refractivity contribution is 5.45. The summed E-state index contributed by atoms with van der Waals surface area (Å²) in [4.78, 5) is 8.98. The van der Waals surface area contributed by atoms with Crippen LogP contribution in [0.15, 0.2) is 18.3 Å². The van der Waals surface area contributed by atoms with E-state index >= 15 is 0 Å². The fourth-order valence-corrected chi connectivity index (χ4v) is 2.93. The molecule has 21 heavy (non-hydrogen) atoms. The van der Waals surface area contributed by atoms with Gasteiger partial charge in [-0.2, -0.15) is 0 Å². The monoisotopic (exact) mass is 293 g/mol. The van der Waals surface area contributed by atoms with Crippen LogP contribution in [0.3, 0.4) is 0 Å². The molecule has 0 saturated carbocycles. The molecule has 0 aliphatic carbocycles. The van der Waals surface area contributed by atoms with E-state index in [1.165, 1.54) is 0 Å². The van der Waals surface area contributed by atoms with Crippen molar-refractivity contribution < 1.29 is 9.13 Å². The van der Waals surface area contributed by atoms with E-state index in [0.29, 0.717) is 19.0 Å². The first kappa shape index (κ1) is 14.7. The van der Waals surface area contributed by atoms with Gasteiger partial charge in [-0.15, -0.1) is 0 Å². The Morgan fingerprint density at radius 1 is 1.33 bits per heavy atom. The normalized spacial score (nSPS) is 24.4. The Morgan fingerprint density at radius 2 is 2.14 bits per heavy atom. The van der Waals surface area contributed by atoms with Gasteiger partial charge in [0.1, 0.15) is 6.17 Å². The number of rotatable bonds is 4. The largest absolute Gasteiger partial charge is 0.373 e. The summed E-state index contributed by atoms with van der Waals surface area (Å²) < 4.78 is 18.7. The predicted octanol–water partition coefficient (Wildman–Crippen LogP) is 2.06. The number of alkyl halides is 1. The van der Waals surface area contributed by atoms with Gasteiger partial charge in [-0.25, -0.2) is 4.39 Å². The lowest BCUT2D eigenvalue weighted by atomic mass is 10.1. The Bertz CT molecular complexity index is 459. The lowest BCUT2D eigenvalue weighted by molar-refractivity contribution is -0.0202. The van der Waals surface area contributed by atoms with Crippen molar-refractivity contribution in [3.63, 3.8) is 0 Å². The van der Waals surface area contributed by atoms with E-state index in [1.807, 2.05) is 6.20 Å². The molecule has 5 heteroatoms. The van der Waals surface area contributed by atoms with Gasteiger partial charge in [0.15, 0.2) is 0 Å². The van der Waals surface area contributed by atoms with E-state index in [2.05, 4.69) is 40.8 Å². The number of nitrogens with zero attached hydrogens (tertiary/aromatic N) is 3. The predicted molar refractivity (Wildman–Crippen MR) is 81.6 cm³/mol. The first-order valence-corrected chi connectivity index (χ1v) is 7.80. The molecule has 0 N–H and O–H groups in total. The molecule has 1 aromatic heterocycles. The third kappa shape index (κ3) is 3.52. The Labute approximate surface area is 125 Å². The van der Waals surface area contributed by atoms with Crippen LogP contribution in [0.1, 0.15) is 25.5 Å². The van der Waals surface area contributed by atoms with Gasteiger partial charge in [-0.1, -0.05) is 13.8 Å². The average Bonchev–Trinajstić information content (AvgIpc) is 2.46. The van der Waals surface area contributed by atoms with Crippen LogP contribution >= 0.6 is 0 Å². The maximum Gasteiger partial charge on any atom is 0.125 e. The van der Waals surface area contributed by atoms with Crippen LogP contribution in [0.2, 0.25) is 0 Å². The number of likely N-dealkylation sites (tertiary alicyclic amines) is 1. The second-order valence-corrected chi connectivity index (χ2v) is 6.35. The fraction of sp³-hybridized carbons (Fsp3) is 0.688. The number of aromatic nitrogens is 1. The third-order valence-electron chi connectivity index (χ3n) is 4.24. The molecule has 1 atom stereocenters. The van der Waals surface area contributed by atoms with E-state index in [-0.39, 0.29) is 6.10 Å². The number of halogens is 1. The molecule has 2 fully saturated rings. The zero-order valence-electron chi connectivity index (χ0n) is 12.8. The Balaban J connectivity index is 1.57.